The topological polar surface area (TPSA) is 44.4 Å². The average molecular weight is 823 g/mol. The molecule has 1 atom stereocenters. The second-order valence-electron chi connectivity index (χ2n) is 18.6. The lowest BCUT2D eigenvalue weighted by atomic mass is 9.83. The Balaban J connectivity index is 1.35. The highest BCUT2D eigenvalue weighted by atomic mass is 15.2. The highest BCUT2D eigenvalue weighted by molar-refractivity contribution is 6.18. The van der Waals surface area contributed by atoms with Gasteiger partial charge in [-0.1, -0.05) is 212 Å². The summed E-state index contributed by atoms with van der Waals surface area (Å²) >= 11 is 0. The summed E-state index contributed by atoms with van der Waals surface area (Å²) in [5.41, 5.74) is 13.0. The molecule has 0 aliphatic heterocycles. The Labute approximate surface area is 374 Å². The molecule has 0 saturated heterocycles. The summed E-state index contributed by atoms with van der Waals surface area (Å²) in [6.45, 7) is 18.8. The minimum absolute atomic E-state index is 0.0292. The van der Waals surface area contributed by atoms with Crippen LogP contribution in [0.25, 0.3) is 44.2 Å². The highest BCUT2D eigenvalue weighted by Crippen LogP contribution is 2.44. The fraction of sp³-hybridized carbons (Fsp3) is 0.186. The standard InChI is InChI=1S/C59H58N4/c1-41(63-54-36-34-47(58(2,3)4)38-51(54)52-40-48(59(5,6)7)39-50(55(52)63)43-26-16-10-17-27-43)49(42-24-14-9-15-25-42)35-37-53(44-28-18-11-19-29-44)62(8)57(46-32-22-13-23-33-46)61-56(60)45-30-20-12-21-31-45/h9-36,38-40,53,60H,1,37H2,2-8H3/b49-35+,60-56?,61-57-. The van der Waals surface area contributed by atoms with Gasteiger partial charge in [0.15, 0.2) is 5.84 Å². The first-order valence-corrected chi connectivity index (χ1v) is 22.0. The van der Waals surface area contributed by atoms with Crippen molar-refractivity contribution in [2.24, 2.45) is 4.99 Å². The van der Waals surface area contributed by atoms with Gasteiger partial charge in [-0.2, -0.15) is 0 Å². The second-order valence-corrected chi connectivity index (χ2v) is 18.6. The smallest absolute Gasteiger partial charge is 0.154 e. The van der Waals surface area contributed by atoms with Crippen LogP contribution in [-0.2, 0) is 10.8 Å². The van der Waals surface area contributed by atoms with Gasteiger partial charge in [-0.05, 0) is 69.3 Å². The van der Waals surface area contributed by atoms with Crippen molar-refractivity contribution in [3.63, 3.8) is 0 Å². The molecule has 8 aromatic rings. The molecule has 0 aliphatic rings. The van der Waals surface area contributed by atoms with Gasteiger partial charge in [0.05, 0.1) is 17.1 Å². The molecule has 0 aliphatic carbocycles. The van der Waals surface area contributed by atoms with Gasteiger partial charge in [-0.25, -0.2) is 4.99 Å². The van der Waals surface area contributed by atoms with Crippen molar-refractivity contribution in [3.05, 3.63) is 228 Å². The largest absolute Gasteiger partial charge is 0.352 e. The Hall–Kier alpha value is -7.04. The summed E-state index contributed by atoms with van der Waals surface area (Å²) in [4.78, 5) is 7.30. The molecule has 7 aromatic carbocycles. The maximum absolute atomic E-state index is 9.13. The van der Waals surface area contributed by atoms with Crippen molar-refractivity contribution < 1.29 is 0 Å². The zero-order chi connectivity index (χ0) is 44.3. The van der Waals surface area contributed by atoms with E-state index in [9.17, 15) is 0 Å². The van der Waals surface area contributed by atoms with Crippen LogP contribution in [0, 0.1) is 5.41 Å². The molecule has 0 fully saturated rings. The second kappa shape index (κ2) is 17.7. The van der Waals surface area contributed by atoms with Crippen molar-refractivity contribution in [1.82, 2.24) is 9.47 Å². The lowest BCUT2D eigenvalue weighted by Gasteiger charge is -2.31. The monoisotopic (exact) mass is 822 g/mol. The molecular formula is C59H58N4. The summed E-state index contributed by atoms with van der Waals surface area (Å²) in [6.07, 6.45) is 3.00. The van der Waals surface area contributed by atoms with E-state index in [1.165, 1.54) is 33.0 Å². The zero-order valence-corrected chi connectivity index (χ0v) is 37.7. The summed E-state index contributed by atoms with van der Waals surface area (Å²) in [5.74, 6) is 0.942. The fourth-order valence-electron chi connectivity index (χ4n) is 8.58. The molecule has 0 saturated carbocycles. The number of amidine groups is 2. The van der Waals surface area contributed by atoms with Crippen LogP contribution in [0.4, 0.5) is 0 Å². The third kappa shape index (κ3) is 8.99. The Morgan fingerprint density at radius 2 is 1.13 bits per heavy atom. The van der Waals surface area contributed by atoms with Gasteiger partial charge in [0.1, 0.15) is 5.84 Å². The number of hydrogen-bond donors (Lipinski definition) is 1. The molecule has 1 heterocycles. The van der Waals surface area contributed by atoms with Crippen LogP contribution in [0.2, 0.25) is 0 Å². The molecule has 4 heteroatoms. The van der Waals surface area contributed by atoms with Crippen LogP contribution < -0.4 is 0 Å². The molecule has 0 bridgehead atoms. The lowest BCUT2D eigenvalue weighted by Crippen LogP contribution is -2.32. The fourth-order valence-corrected chi connectivity index (χ4v) is 8.58. The predicted molar refractivity (Wildman–Crippen MR) is 270 cm³/mol. The van der Waals surface area contributed by atoms with Gasteiger partial charge in [0, 0.05) is 45.8 Å². The molecule has 0 amide bonds. The molecule has 8 rings (SSSR count). The summed E-state index contributed by atoms with van der Waals surface area (Å²) < 4.78 is 2.42. The van der Waals surface area contributed by atoms with E-state index < -0.39 is 0 Å². The molecule has 0 radical (unpaired) electrons. The van der Waals surface area contributed by atoms with Crippen LogP contribution >= 0.6 is 0 Å². The van der Waals surface area contributed by atoms with E-state index in [1.807, 2.05) is 48.5 Å². The van der Waals surface area contributed by atoms with Crippen molar-refractivity contribution in [3.8, 4) is 11.1 Å². The summed E-state index contributed by atoms with van der Waals surface area (Å²) in [5, 5.41) is 11.6. The number of allylic oxidation sites excluding steroid dienone is 2. The quantitative estimate of drug-likeness (QED) is 0.0833. The lowest BCUT2D eigenvalue weighted by molar-refractivity contribution is 0.378. The molecule has 0 spiro atoms. The minimum Gasteiger partial charge on any atom is -0.352 e. The molecule has 1 unspecified atom stereocenters. The average Bonchev–Trinajstić information content (AvgIpc) is 3.63. The van der Waals surface area contributed by atoms with Crippen LogP contribution in [0.5, 0.6) is 0 Å². The van der Waals surface area contributed by atoms with E-state index in [1.54, 1.807) is 0 Å². The first-order valence-electron chi connectivity index (χ1n) is 22.0. The van der Waals surface area contributed by atoms with E-state index in [2.05, 4.69) is 198 Å². The van der Waals surface area contributed by atoms with Gasteiger partial charge < -0.3 is 9.47 Å². The number of hydrogen-bond acceptors (Lipinski definition) is 1. The van der Waals surface area contributed by atoms with Gasteiger partial charge >= 0.3 is 0 Å². The normalized spacial score (nSPS) is 13.0. The molecule has 4 nitrogen and oxygen atoms in total. The predicted octanol–water partition coefficient (Wildman–Crippen LogP) is 15.1. The number of nitrogens with one attached hydrogen (secondary N) is 1. The Kier molecular flexibility index (Phi) is 12.0. The number of rotatable bonds is 10. The SMILES string of the molecule is C=C(/C(=C\CC(c1ccccc1)N(C)/C(=N\C(=N)c1ccccc1)c1ccccc1)c1ccccc1)n1c2ccc(C(C)(C)C)cc2c2cc(C(C)(C)C)cc(-c3ccccc3)c21. The number of fused-ring (bicyclic) bond motifs is 3. The van der Waals surface area contributed by atoms with Crippen molar-refractivity contribution in [2.45, 2.75) is 64.8 Å². The minimum atomic E-state index is -0.137. The Morgan fingerprint density at radius 1 is 0.619 bits per heavy atom. The summed E-state index contributed by atoms with van der Waals surface area (Å²) in [6, 6.07) is 63.8. The maximum atomic E-state index is 9.13. The van der Waals surface area contributed by atoms with Crippen LogP contribution in [0.3, 0.4) is 0 Å². The number of benzene rings is 7. The first-order chi connectivity index (χ1) is 30.3. The molecular weight excluding hydrogens is 765 g/mol. The van der Waals surface area contributed by atoms with E-state index in [4.69, 9.17) is 17.0 Å². The van der Waals surface area contributed by atoms with E-state index in [0.717, 1.165) is 50.4 Å². The van der Waals surface area contributed by atoms with Gasteiger partial charge in [-0.3, -0.25) is 5.41 Å². The van der Waals surface area contributed by atoms with Crippen molar-refractivity contribution >= 4 is 44.7 Å². The van der Waals surface area contributed by atoms with Gasteiger partial charge in [-0.15, -0.1) is 0 Å². The Bertz CT molecular complexity index is 2950. The van der Waals surface area contributed by atoms with Crippen molar-refractivity contribution in [1.29, 1.82) is 5.41 Å². The third-order valence-corrected chi connectivity index (χ3v) is 12.2. The number of nitrogens with zero attached hydrogens (tertiary/aromatic N) is 3. The summed E-state index contributed by atoms with van der Waals surface area (Å²) in [7, 11) is 2.10. The van der Waals surface area contributed by atoms with Crippen LogP contribution in [-0.4, -0.2) is 28.2 Å². The van der Waals surface area contributed by atoms with Gasteiger partial charge in [0.2, 0.25) is 0 Å². The first kappa shape index (κ1) is 42.6. The highest BCUT2D eigenvalue weighted by Gasteiger charge is 2.27. The Morgan fingerprint density at radius 3 is 1.70 bits per heavy atom. The zero-order valence-electron chi connectivity index (χ0n) is 37.7. The molecule has 1 aromatic heterocycles. The third-order valence-electron chi connectivity index (χ3n) is 12.2. The van der Waals surface area contributed by atoms with E-state index in [0.29, 0.717) is 6.42 Å². The maximum Gasteiger partial charge on any atom is 0.154 e. The molecule has 63 heavy (non-hydrogen) atoms. The van der Waals surface area contributed by atoms with Crippen LogP contribution in [0.1, 0.15) is 87.4 Å². The van der Waals surface area contributed by atoms with Gasteiger partial charge in [0.25, 0.3) is 0 Å². The van der Waals surface area contributed by atoms with Crippen LogP contribution in [0.15, 0.2) is 200 Å². The van der Waals surface area contributed by atoms with E-state index in [-0.39, 0.29) is 22.7 Å². The van der Waals surface area contributed by atoms with Crippen molar-refractivity contribution in [2.75, 3.05) is 7.05 Å². The number of aromatic nitrogens is 1. The number of aliphatic imine (C=N–C) groups is 1. The molecule has 1 N–H and O–H groups in total. The van der Waals surface area contributed by atoms with E-state index >= 15 is 0 Å². The molecule has 314 valence electrons.